The number of oxazole rings is 1. The number of nitriles is 2. The molecule has 0 radical (unpaired) electrons. The largest absolute Gasteiger partial charge is 0.448 e. The maximum absolute atomic E-state index is 13.0. The molecule has 3 aromatic rings. The fourth-order valence-corrected chi connectivity index (χ4v) is 4.87. The Hall–Kier alpha value is -4.18. The molecule has 1 saturated carbocycles. The Labute approximate surface area is 215 Å². The van der Waals surface area contributed by atoms with E-state index in [0.29, 0.717) is 28.2 Å². The smallest absolute Gasteiger partial charge is 0.270 e. The molecule has 192 valence electrons. The van der Waals surface area contributed by atoms with Crippen molar-refractivity contribution in [1.29, 1.82) is 10.5 Å². The summed E-state index contributed by atoms with van der Waals surface area (Å²) in [4.78, 5) is 29.6. The molecule has 3 heterocycles. The van der Waals surface area contributed by atoms with Gasteiger partial charge in [-0.2, -0.15) is 10.5 Å². The molecule has 0 atom stereocenters. The van der Waals surface area contributed by atoms with Crippen LogP contribution in [0.5, 0.6) is 0 Å². The summed E-state index contributed by atoms with van der Waals surface area (Å²) in [5.41, 5.74) is 2.44. The molecule has 37 heavy (non-hydrogen) atoms. The van der Waals surface area contributed by atoms with E-state index in [0.717, 1.165) is 31.4 Å². The molecule has 10 heteroatoms. The van der Waals surface area contributed by atoms with Gasteiger partial charge >= 0.3 is 0 Å². The minimum atomic E-state index is -0.441. The first kappa shape index (κ1) is 25.9. The van der Waals surface area contributed by atoms with Crippen molar-refractivity contribution in [3.63, 3.8) is 0 Å². The minimum Gasteiger partial charge on any atom is -0.448 e. The summed E-state index contributed by atoms with van der Waals surface area (Å²) >= 11 is 0. The van der Waals surface area contributed by atoms with Crippen molar-refractivity contribution in [3.05, 3.63) is 51.6 Å². The highest BCUT2D eigenvalue weighted by Crippen LogP contribution is 2.35. The van der Waals surface area contributed by atoms with Gasteiger partial charge in [-0.05, 0) is 65.5 Å². The van der Waals surface area contributed by atoms with Gasteiger partial charge in [0.2, 0.25) is 0 Å². The predicted molar refractivity (Wildman–Crippen MR) is 139 cm³/mol. The second kappa shape index (κ2) is 10.1. The first-order valence-corrected chi connectivity index (χ1v) is 12.3. The zero-order valence-electron chi connectivity index (χ0n) is 22.1. The lowest BCUT2D eigenvalue weighted by Crippen LogP contribution is -2.39. The normalized spacial score (nSPS) is 18.3. The van der Waals surface area contributed by atoms with Crippen molar-refractivity contribution in [2.75, 3.05) is 11.9 Å². The molecule has 0 aliphatic heterocycles. The topological polar surface area (TPSA) is 133 Å². The molecule has 3 aromatic heterocycles. The first-order valence-electron chi connectivity index (χ1n) is 12.3. The third-order valence-corrected chi connectivity index (χ3v) is 6.83. The molecule has 0 spiro atoms. The average molecular weight is 502 g/mol. The summed E-state index contributed by atoms with van der Waals surface area (Å²) in [6.45, 7) is 7.70. The van der Waals surface area contributed by atoms with Crippen LogP contribution in [0.3, 0.4) is 0 Å². The molecule has 1 fully saturated rings. The van der Waals surface area contributed by atoms with Crippen LogP contribution in [0.25, 0.3) is 11.0 Å². The molecule has 1 aliphatic rings. The number of aromatic nitrogens is 3. The van der Waals surface area contributed by atoms with Crippen molar-refractivity contribution in [1.82, 2.24) is 14.5 Å². The molecule has 0 bridgehead atoms. The van der Waals surface area contributed by atoms with Gasteiger partial charge in [-0.25, -0.2) is 9.97 Å². The fourth-order valence-electron chi connectivity index (χ4n) is 4.87. The molecular weight excluding hydrogens is 470 g/mol. The van der Waals surface area contributed by atoms with Crippen LogP contribution < -0.4 is 10.5 Å². The van der Waals surface area contributed by atoms with E-state index in [1.165, 1.54) is 11.0 Å². The highest BCUT2D eigenvalue weighted by molar-refractivity contribution is 6.01. The quantitative estimate of drug-likeness (QED) is 0.375. The predicted octanol–water partition coefficient (Wildman–Crippen LogP) is 4.19. The van der Waals surface area contributed by atoms with E-state index in [2.05, 4.69) is 27.3 Å². The third kappa shape index (κ3) is 5.05. The lowest BCUT2D eigenvalue weighted by Gasteiger charge is -2.36. The van der Waals surface area contributed by atoms with Crippen LogP contribution in [0.2, 0.25) is 0 Å². The summed E-state index contributed by atoms with van der Waals surface area (Å²) in [5.74, 6) is 0.815. The Balaban J connectivity index is 1.66. The number of pyridine rings is 2. The molecule has 10 nitrogen and oxygen atoms in total. The molecule has 0 aromatic carbocycles. The van der Waals surface area contributed by atoms with E-state index in [1.54, 1.807) is 19.2 Å². The molecule has 0 saturated heterocycles. The lowest BCUT2D eigenvalue weighted by atomic mass is 9.81. The summed E-state index contributed by atoms with van der Waals surface area (Å²) < 4.78 is 6.85. The van der Waals surface area contributed by atoms with Crippen LogP contribution >= 0.6 is 0 Å². The standard InChI is InChI=1S/C27H31N7O3/c1-16-22(30-15-36-16)23(32-37-27(2,3)4)17-7-10-19(11-8-17)33(5)25-20(14-29)26(35)34(6)21-12-9-18(13-28)31-24(21)25/h9,12,15,17,19H,7-8,10-11H2,1-6H3/b32-23-. The van der Waals surface area contributed by atoms with Gasteiger partial charge in [0.25, 0.3) is 5.56 Å². The lowest BCUT2D eigenvalue weighted by molar-refractivity contribution is -0.0000853. The van der Waals surface area contributed by atoms with E-state index in [1.807, 2.05) is 39.6 Å². The van der Waals surface area contributed by atoms with Crippen molar-refractivity contribution in [2.24, 2.45) is 18.1 Å². The van der Waals surface area contributed by atoms with Gasteiger partial charge < -0.3 is 18.7 Å². The number of rotatable bonds is 5. The summed E-state index contributed by atoms with van der Waals surface area (Å²) in [7, 11) is 3.50. The number of fused-ring (bicyclic) bond motifs is 1. The van der Waals surface area contributed by atoms with E-state index in [4.69, 9.17) is 9.25 Å². The van der Waals surface area contributed by atoms with Crippen LogP contribution in [-0.4, -0.2) is 38.9 Å². The SMILES string of the molecule is Cc1ocnc1/C(=N\OC(C)(C)C)C1CCC(N(C)c2c(C#N)c(=O)n(C)c3ccc(C#N)nc23)CC1. The Morgan fingerprint density at radius 3 is 2.49 bits per heavy atom. The fraction of sp³-hybridized carbons (Fsp3) is 0.481. The van der Waals surface area contributed by atoms with Crippen LogP contribution in [0.15, 0.2) is 32.9 Å². The number of hydrogen-bond donors (Lipinski definition) is 0. The van der Waals surface area contributed by atoms with E-state index in [9.17, 15) is 15.3 Å². The van der Waals surface area contributed by atoms with Crippen LogP contribution in [0, 0.1) is 35.5 Å². The van der Waals surface area contributed by atoms with E-state index >= 15 is 0 Å². The van der Waals surface area contributed by atoms with Gasteiger partial charge in [0.15, 0.2) is 6.39 Å². The van der Waals surface area contributed by atoms with Gasteiger partial charge in [0, 0.05) is 26.1 Å². The van der Waals surface area contributed by atoms with Gasteiger partial charge in [-0.1, -0.05) is 5.16 Å². The molecule has 0 amide bonds. The number of oxime groups is 1. The van der Waals surface area contributed by atoms with Crippen molar-refractivity contribution >= 4 is 22.4 Å². The Morgan fingerprint density at radius 2 is 1.92 bits per heavy atom. The summed E-state index contributed by atoms with van der Waals surface area (Å²) in [6, 6.07) is 7.49. The Morgan fingerprint density at radius 1 is 1.22 bits per heavy atom. The minimum absolute atomic E-state index is 0.0289. The van der Waals surface area contributed by atoms with E-state index < -0.39 is 5.60 Å². The van der Waals surface area contributed by atoms with Crippen LogP contribution in [0.1, 0.15) is 69.2 Å². The maximum Gasteiger partial charge on any atom is 0.270 e. The second-order valence-electron chi connectivity index (χ2n) is 10.4. The zero-order valence-corrected chi connectivity index (χ0v) is 22.1. The molecular formula is C27H31N7O3. The van der Waals surface area contributed by atoms with Crippen molar-refractivity contribution < 1.29 is 9.25 Å². The molecule has 1 aliphatic carbocycles. The zero-order chi connectivity index (χ0) is 26.9. The van der Waals surface area contributed by atoms with E-state index in [-0.39, 0.29) is 28.8 Å². The monoisotopic (exact) mass is 501 g/mol. The Bertz CT molecular complexity index is 1490. The molecule has 4 rings (SSSR count). The first-order chi connectivity index (χ1) is 17.6. The highest BCUT2D eigenvalue weighted by atomic mass is 16.6. The summed E-state index contributed by atoms with van der Waals surface area (Å²) in [6.07, 6.45) is 4.65. The number of nitrogens with zero attached hydrogens (tertiary/aromatic N) is 7. The third-order valence-electron chi connectivity index (χ3n) is 6.83. The number of aryl methyl sites for hydroxylation is 2. The number of hydrogen-bond acceptors (Lipinski definition) is 9. The van der Waals surface area contributed by atoms with Crippen molar-refractivity contribution in [3.8, 4) is 12.1 Å². The second-order valence-corrected chi connectivity index (χ2v) is 10.4. The molecule has 0 N–H and O–H groups in total. The summed E-state index contributed by atoms with van der Waals surface area (Å²) in [5, 5.41) is 23.8. The number of anilines is 1. The van der Waals surface area contributed by atoms with Gasteiger partial charge in [-0.3, -0.25) is 4.79 Å². The Kier molecular flexibility index (Phi) is 7.04. The van der Waals surface area contributed by atoms with Crippen molar-refractivity contribution in [2.45, 2.75) is 65.0 Å². The van der Waals surface area contributed by atoms with Gasteiger partial charge in [0.1, 0.15) is 51.7 Å². The highest BCUT2D eigenvalue weighted by Gasteiger charge is 2.32. The van der Waals surface area contributed by atoms with Crippen LogP contribution in [0.4, 0.5) is 5.69 Å². The van der Waals surface area contributed by atoms with Gasteiger partial charge in [0.05, 0.1) is 11.2 Å². The van der Waals surface area contributed by atoms with Gasteiger partial charge in [-0.15, -0.1) is 0 Å². The average Bonchev–Trinajstić information content (AvgIpc) is 3.30. The maximum atomic E-state index is 13.0. The van der Waals surface area contributed by atoms with Crippen LogP contribution in [-0.2, 0) is 11.9 Å². The molecule has 0 unspecified atom stereocenters.